The van der Waals surface area contributed by atoms with Crippen LogP contribution < -0.4 is 5.43 Å². The molecule has 4 aliphatic rings. The molecule has 0 aromatic rings. The van der Waals surface area contributed by atoms with Crippen molar-refractivity contribution < 1.29 is 0 Å². The second kappa shape index (κ2) is 5.02. The molecule has 0 saturated carbocycles. The van der Waals surface area contributed by atoms with Crippen LogP contribution in [0.3, 0.4) is 0 Å². The van der Waals surface area contributed by atoms with Gasteiger partial charge in [0.1, 0.15) is 6.17 Å². The Labute approximate surface area is 118 Å². The predicted molar refractivity (Wildman–Crippen MR) is 76.9 cm³/mol. The average molecular weight is 276 g/mol. The first-order chi connectivity index (χ1) is 9.92. The maximum Gasteiger partial charge on any atom is 0.134 e. The molecule has 0 spiro atoms. The van der Waals surface area contributed by atoms with Crippen molar-refractivity contribution in [1.82, 2.24) is 25.7 Å². The monoisotopic (exact) mass is 276 g/mol. The molecule has 108 valence electrons. The van der Waals surface area contributed by atoms with Crippen molar-refractivity contribution in [2.45, 2.75) is 31.5 Å². The van der Waals surface area contributed by atoms with Crippen molar-refractivity contribution in [1.29, 1.82) is 0 Å². The highest BCUT2D eigenvalue weighted by molar-refractivity contribution is 5.59. The van der Waals surface area contributed by atoms with E-state index in [1.54, 1.807) is 0 Å². The van der Waals surface area contributed by atoms with Crippen LogP contribution in [0.25, 0.3) is 0 Å². The molecule has 0 bridgehead atoms. The van der Waals surface area contributed by atoms with Gasteiger partial charge in [0.25, 0.3) is 0 Å². The molecule has 1 saturated heterocycles. The fraction of sp³-hybridized carbons (Fsp3) is 0.750. The second-order valence-corrected chi connectivity index (χ2v) is 5.41. The molecular weight excluding hydrogens is 256 g/mol. The molecule has 4 rings (SSSR count). The Kier molecular flexibility index (Phi) is 3.04. The van der Waals surface area contributed by atoms with Crippen LogP contribution in [0.2, 0.25) is 0 Å². The molecule has 0 amide bonds. The summed E-state index contributed by atoms with van der Waals surface area (Å²) >= 11 is 0. The largest absolute Gasteiger partial charge is 0.289 e. The Morgan fingerprint density at radius 1 is 0.850 bits per heavy atom. The van der Waals surface area contributed by atoms with Crippen LogP contribution in [0, 0.1) is 0 Å². The van der Waals surface area contributed by atoms with Crippen LogP contribution in [-0.2, 0) is 0 Å². The molecule has 2 atom stereocenters. The fourth-order valence-corrected chi connectivity index (χ4v) is 3.10. The van der Waals surface area contributed by atoms with Crippen LogP contribution in [0.4, 0.5) is 0 Å². The summed E-state index contributed by atoms with van der Waals surface area (Å²) in [5.41, 5.74) is 3.54. The number of hydrazone groups is 3. The molecule has 1 fully saturated rings. The van der Waals surface area contributed by atoms with E-state index < -0.39 is 0 Å². The summed E-state index contributed by atoms with van der Waals surface area (Å²) in [6.07, 6.45) is 9.19. The molecule has 0 aliphatic carbocycles. The van der Waals surface area contributed by atoms with Crippen molar-refractivity contribution in [3.8, 4) is 0 Å². The van der Waals surface area contributed by atoms with Crippen molar-refractivity contribution in [2.75, 3.05) is 26.2 Å². The third kappa shape index (κ3) is 2.04. The van der Waals surface area contributed by atoms with Gasteiger partial charge < -0.3 is 0 Å². The quantitative estimate of drug-likeness (QED) is 0.752. The summed E-state index contributed by atoms with van der Waals surface area (Å²) in [5, 5.41) is 21.8. The van der Waals surface area contributed by atoms with Crippen molar-refractivity contribution in [3.63, 3.8) is 0 Å². The topological polar surface area (TPSA) is 62.1 Å². The second-order valence-electron chi connectivity index (χ2n) is 5.41. The summed E-state index contributed by atoms with van der Waals surface area (Å²) in [6, 6.07) is 0.305. The van der Waals surface area contributed by atoms with Gasteiger partial charge in [0.05, 0.1) is 19.1 Å². The van der Waals surface area contributed by atoms with Gasteiger partial charge in [0.2, 0.25) is 0 Å². The number of nitrogens with one attached hydrogen (secondary N) is 1. The molecule has 4 aliphatic heterocycles. The normalized spacial score (nSPS) is 33.3. The van der Waals surface area contributed by atoms with Crippen LogP contribution >= 0.6 is 0 Å². The SMILES string of the molecule is C1=NN(C2CN(N3CCC=N3)NC2N2CCC=N2)CC1. The summed E-state index contributed by atoms with van der Waals surface area (Å²) in [5.74, 6) is 0. The lowest BCUT2D eigenvalue weighted by Crippen LogP contribution is -2.52. The van der Waals surface area contributed by atoms with E-state index in [2.05, 4.69) is 35.9 Å². The first-order valence-corrected chi connectivity index (χ1v) is 7.33. The summed E-state index contributed by atoms with van der Waals surface area (Å²) in [6.45, 7) is 3.80. The summed E-state index contributed by atoms with van der Waals surface area (Å²) in [4.78, 5) is 0. The number of nitrogens with zero attached hydrogens (tertiary/aromatic N) is 7. The number of hydrogen-bond acceptors (Lipinski definition) is 8. The van der Waals surface area contributed by atoms with Gasteiger partial charge >= 0.3 is 0 Å². The third-order valence-electron chi connectivity index (χ3n) is 4.10. The Morgan fingerprint density at radius 2 is 1.55 bits per heavy atom. The van der Waals surface area contributed by atoms with Gasteiger partial charge in [-0.05, 0) is 0 Å². The third-order valence-corrected chi connectivity index (χ3v) is 4.10. The molecule has 0 radical (unpaired) electrons. The number of hydrazine groups is 2. The molecular formula is C12H20N8. The van der Waals surface area contributed by atoms with Gasteiger partial charge in [-0.15, -0.1) is 5.12 Å². The van der Waals surface area contributed by atoms with E-state index in [1.165, 1.54) is 0 Å². The van der Waals surface area contributed by atoms with Gasteiger partial charge in [-0.1, -0.05) is 0 Å². The standard InChI is InChI=1S/C12H20N8/c1-4-13-17(7-1)11-10-20(19-9-3-6-15-19)16-12(11)18-8-2-5-14-18/h4-6,11-12,16H,1-3,7-10H2. The maximum atomic E-state index is 4.51. The molecule has 0 aromatic heterocycles. The van der Waals surface area contributed by atoms with Gasteiger partial charge in [-0.25, -0.2) is 10.5 Å². The highest BCUT2D eigenvalue weighted by Crippen LogP contribution is 2.23. The Balaban J connectivity index is 1.52. The molecule has 8 heteroatoms. The van der Waals surface area contributed by atoms with E-state index in [-0.39, 0.29) is 6.17 Å². The van der Waals surface area contributed by atoms with E-state index in [9.17, 15) is 0 Å². The molecule has 20 heavy (non-hydrogen) atoms. The zero-order valence-corrected chi connectivity index (χ0v) is 11.5. The van der Waals surface area contributed by atoms with Crippen molar-refractivity contribution >= 4 is 18.6 Å². The lowest BCUT2D eigenvalue weighted by atomic mass is 10.2. The van der Waals surface area contributed by atoms with E-state index in [0.717, 1.165) is 45.4 Å². The van der Waals surface area contributed by atoms with Gasteiger partial charge in [0, 0.05) is 51.0 Å². The van der Waals surface area contributed by atoms with Crippen LogP contribution in [-0.4, -0.2) is 77.3 Å². The zero-order chi connectivity index (χ0) is 13.4. The van der Waals surface area contributed by atoms with E-state index >= 15 is 0 Å². The van der Waals surface area contributed by atoms with E-state index in [1.807, 2.05) is 23.8 Å². The fourth-order valence-electron chi connectivity index (χ4n) is 3.10. The predicted octanol–water partition coefficient (Wildman–Crippen LogP) is -0.509. The minimum atomic E-state index is 0.166. The molecule has 4 heterocycles. The first-order valence-electron chi connectivity index (χ1n) is 7.33. The Bertz CT molecular complexity index is 417. The Hall–Kier alpha value is -1.67. The zero-order valence-electron chi connectivity index (χ0n) is 11.5. The number of rotatable bonds is 3. The Morgan fingerprint density at radius 3 is 2.20 bits per heavy atom. The smallest absolute Gasteiger partial charge is 0.134 e. The van der Waals surface area contributed by atoms with Gasteiger partial charge in [0.15, 0.2) is 0 Å². The minimum Gasteiger partial charge on any atom is -0.289 e. The van der Waals surface area contributed by atoms with E-state index in [0.29, 0.717) is 6.04 Å². The van der Waals surface area contributed by atoms with E-state index in [4.69, 9.17) is 0 Å². The minimum absolute atomic E-state index is 0.166. The lowest BCUT2D eigenvalue weighted by molar-refractivity contribution is -0.0493. The molecule has 0 aromatic carbocycles. The highest BCUT2D eigenvalue weighted by atomic mass is 15.9. The van der Waals surface area contributed by atoms with Crippen molar-refractivity contribution in [3.05, 3.63) is 0 Å². The molecule has 1 N–H and O–H groups in total. The van der Waals surface area contributed by atoms with Crippen LogP contribution in [0.15, 0.2) is 15.3 Å². The molecule has 8 nitrogen and oxygen atoms in total. The van der Waals surface area contributed by atoms with Crippen molar-refractivity contribution in [2.24, 2.45) is 15.3 Å². The first kappa shape index (κ1) is 12.1. The molecule has 2 unspecified atom stereocenters. The lowest BCUT2D eigenvalue weighted by Gasteiger charge is -2.31. The average Bonchev–Trinajstić information content (AvgIpc) is 3.22. The van der Waals surface area contributed by atoms with Gasteiger partial charge in [-0.2, -0.15) is 15.3 Å². The number of hydrogen-bond donors (Lipinski definition) is 1. The summed E-state index contributed by atoms with van der Waals surface area (Å²) in [7, 11) is 0. The highest BCUT2D eigenvalue weighted by Gasteiger charge is 2.42. The van der Waals surface area contributed by atoms with Crippen LogP contribution in [0.5, 0.6) is 0 Å². The maximum absolute atomic E-state index is 4.51. The summed E-state index contributed by atoms with van der Waals surface area (Å²) < 4.78 is 0. The van der Waals surface area contributed by atoms with Crippen LogP contribution in [0.1, 0.15) is 19.3 Å². The van der Waals surface area contributed by atoms with Gasteiger partial charge in [-0.3, -0.25) is 10.0 Å².